The second kappa shape index (κ2) is 6.04. The zero-order chi connectivity index (χ0) is 13.8. The molecule has 1 aromatic rings. The molecule has 0 unspecified atom stereocenters. The number of hydrogen-bond acceptors (Lipinski definition) is 4. The summed E-state index contributed by atoms with van der Waals surface area (Å²) in [6.45, 7) is 4.13. The van der Waals surface area contributed by atoms with Gasteiger partial charge in [-0.25, -0.2) is 4.79 Å². The number of carboxylic acids is 1. The molecular weight excluding hydrogens is 244 g/mol. The summed E-state index contributed by atoms with van der Waals surface area (Å²) < 4.78 is 5.64. The maximum absolute atomic E-state index is 11.0. The summed E-state index contributed by atoms with van der Waals surface area (Å²) in [6, 6.07) is 7.04. The van der Waals surface area contributed by atoms with Crippen LogP contribution in [-0.2, 0) is 4.74 Å². The Hall–Kier alpha value is -1.59. The standard InChI is InChI=1S/C14H20N2O3/c1-2-19-13-9-16(7-6-12(13)15)11-5-3-4-10(8-11)14(17)18/h3-5,8,12-13H,2,6-7,9,15H2,1H3,(H,17,18)/t12-,13+/m1/s1. The predicted molar refractivity (Wildman–Crippen MR) is 73.6 cm³/mol. The summed E-state index contributed by atoms with van der Waals surface area (Å²) >= 11 is 0. The summed E-state index contributed by atoms with van der Waals surface area (Å²) in [5, 5.41) is 9.02. The van der Waals surface area contributed by atoms with Crippen LogP contribution in [0.25, 0.3) is 0 Å². The van der Waals surface area contributed by atoms with Crippen molar-refractivity contribution in [2.24, 2.45) is 5.73 Å². The van der Waals surface area contributed by atoms with Crippen LogP contribution in [0.1, 0.15) is 23.7 Å². The lowest BCUT2D eigenvalue weighted by Gasteiger charge is -2.38. The van der Waals surface area contributed by atoms with E-state index in [0.29, 0.717) is 18.7 Å². The summed E-state index contributed by atoms with van der Waals surface area (Å²) in [5.41, 5.74) is 7.26. The largest absolute Gasteiger partial charge is 0.478 e. The normalized spacial score (nSPS) is 23.4. The van der Waals surface area contributed by atoms with Crippen molar-refractivity contribution in [2.75, 3.05) is 24.6 Å². The Morgan fingerprint density at radius 1 is 1.58 bits per heavy atom. The number of carbonyl (C=O) groups is 1. The van der Waals surface area contributed by atoms with Gasteiger partial charge in [0.25, 0.3) is 0 Å². The van der Waals surface area contributed by atoms with Gasteiger partial charge in [-0.2, -0.15) is 0 Å². The first-order chi connectivity index (χ1) is 9.11. The average molecular weight is 264 g/mol. The van der Waals surface area contributed by atoms with E-state index in [0.717, 1.165) is 18.7 Å². The molecule has 2 rings (SSSR count). The molecule has 5 nitrogen and oxygen atoms in total. The van der Waals surface area contributed by atoms with Gasteiger partial charge in [0, 0.05) is 31.4 Å². The van der Waals surface area contributed by atoms with Crippen LogP contribution >= 0.6 is 0 Å². The van der Waals surface area contributed by atoms with Gasteiger partial charge in [-0.1, -0.05) is 6.07 Å². The van der Waals surface area contributed by atoms with Crippen molar-refractivity contribution in [3.05, 3.63) is 29.8 Å². The first kappa shape index (κ1) is 13.8. The summed E-state index contributed by atoms with van der Waals surface area (Å²) in [5.74, 6) is -0.906. The molecular formula is C14H20N2O3. The highest BCUT2D eigenvalue weighted by Crippen LogP contribution is 2.22. The SMILES string of the molecule is CCO[C@H]1CN(c2cccc(C(=O)O)c2)CC[C@H]1N. The molecule has 1 aliphatic rings. The van der Waals surface area contributed by atoms with Crippen molar-refractivity contribution in [1.29, 1.82) is 0 Å². The minimum atomic E-state index is -0.906. The molecule has 0 radical (unpaired) electrons. The van der Waals surface area contributed by atoms with Crippen molar-refractivity contribution >= 4 is 11.7 Å². The van der Waals surface area contributed by atoms with E-state index in [2.05, 4.69) is 4.90 Å². The molecule has 0 bridgehead atoms. The number of piperidine rings is 1. The van der Waals surface area contributed by atoms with Crippen molar-refractivity contribution in [3.8, 4) is 0 Å². The van der Waals surface area contributed by atoms with Gasteiger partial charge in [-0.15, -0.1) is 0 Å². The zero-order valence-corrected chi connectivity index (χ0v) is 11.1. The highest BCUT2D eigenvalue weighted by Gasteiger charge is 2.27. The Labute approximate surface area is 113 Å². The second-order valence-electron chi connectivity index (χ2n) is 4.75. The number of nitrogens with zero attached hydrogens (tertiary/aromatic N) is 1. The zero-order valence-electron chi connectivity index (χ0n) is 11.1. The van der Waals surface area contributed by atoms with Gasteiger partial charge in [-0.3, -0.25) is 0 Å². The van der Waals surface area contributed by atoms with Gasteiger partial charge in [0.1, 0.15) is 0 Å². The first-order valence-electron chi connectivity index (χ1n) is 6.57. The van der Waals surface area contributed by atoms with Crippen molar-refractivity contribution in [1.82, 2.24) is 0 Å². The molecule has 0 aromatic heterocycles. The monoisotopic (exact) mass is 264 g/mol. The Bertz CT molecular complexity index is 450. The lowest BCUT2D eigenvalue weighted by molar-refractivity contribution is 0.0389. The molecule has 0 spiro atoms. The number of rotatable bonds is 4. The minimum absolute atomic E-state index is 0.00670. The van der Waals surface area contributed by atoms with E-state index < -0.39 is 5.97 Å². The Morgan fingerprint density at radius 2 is 2.37 bits per heavy atom. The third kappa shape index (κ3) is 3.24. The average Bonchev–Trinajstić information content (AvgIpc) is 2.41. The molecule has 1 aromatic carbocycles. The number of carboxylic acid groups (broad SMARTS) is 1. The molecule has 1 aliphatic heterocycles. The van der Waals surface area contributed by atoms with E-state index in [1.54, 1.807) is 18.2 Å². The topological polar surface area (TPSA) is 75.8 Å². The number of hydrogen-bond donors (Lipinski definition) is 2. The van der Waals surface area contributed by atoms with Crippen LogP contribution in [-0.4, -0.2) is 42.9 Å². The first-order valence-corrected chi connectivity index (χ1v) is 6.57. The molecule has 1 saturated heterocycles. The Balaban J connectivity index is 2.13. The Kier molecular flexibility index (Phi) is 4.39. The van der Waals surface area contributed by atoms with Crippen LogP contribution < -0.4 is 10.6 Å². The lowest BCUT2D eigenvalue weighted by Crippen LogP contribution is -2.52. The van der Waals surface area contributed by atoms with Gasteiger partial charge in [0.05, 0.1) is 11.7 Å². The van der Waals surface area contributed by atoms with E-state index in [1.807, 2.05) is 13.0 Å². The highest BCUT2D eigenvalue weighted by molar-refractivity contribution is 5.88. The van der Waals surface area contributed by atoms with Crippen molar-refractivity contribution in [2.45, 2.75) is 25.5 Å². The van der Waals surface area contributed by atoms with Crippen LogP contribution in [0.5, 0.6) is 0 Å². The van der Waals surface area contributed by atoms with E-state index in [4.69, 9.17) is 15.6 Å². The molecule has 0 saturated carbocycles. The molecule has 104 valence electrons. The Morgan fingerprint density at radius 3 is 3.05 bits per heavy atom. The van der Waals surface area contributed by atoms with Gasteiger partial charge >= 0.3 is 5.97 Å². The van der Waals surface area contributed by atoms with Crippen LogP contribution in [0.15, 0.2) is 24.3 Å². The third-order valence-corrected chi connectivity index (χ3v) is 3.45. The molecule has 0 amide bonds. The fourth-order valence-electron chi connectivity index (χ4n) is 2.40. The van der Waals surface area contributed by atoms with E-state index in [9.17, 15) is 4.79 Å². The van der Waals surface area contributed by atoms with Gasteiger partial charge in [0.15, 0.2) is 0 Å². The fraction of sp³-hybridized carbons (Fsp3) is 0.500. The third-order valence-electron chi connectivity index (χ3n) is 3.45. The van der Waals surface area contributed by atoms with Crippen LogP contribution in [0.2, 0.25) is 0 Å². The van der Waals surface area contributed by atoms with Crippen molar-refractivity contribution in [3.63, 3.8) is 0 Å². The van der Waals surface area contributed by atoms with Gasteiger partial charge in [-0.05, 0) is 31.5 Å². The van der Waals surface area contributed by atoms with Gasteiger partial charge < -0.3 is 20.5 Å². The lowest BCUT2D eigenvalue weighted by atomic mass is 10.0. The molecule has 5 heteroatoms. The number of nitrogens with two attached hydrogens (primary N) is 1. The number of aromatic carboxylic acids is 1. The summed E-state index contributed by atoms with van der Waals surface area (Å²) in [4.78, 5) is 13.1. The second-order valence-corrected chi connectivity index (χ2v) is 4.75. The maximum Gasteiger partial charge on any atom is 0.335 e. The van der Waals surface area contributed by atoms with Crippen LogP contribution in [0.4, 0.5) is 5.69 Å². The predicted octanol–water partition coefficient (Wildman–Crippen LogP) is 1.33. The number of anilines is 1. The molecule has 19 heavy (non-hydrogen) atoms. The van der Waals surface area contributed by atoms with E-state index in [1.165, 1.54) is 0 Å². The number of benzene rings is 1. The molecule has 1 fully saturated rings. The summed E-state index contributed by atoms with van der Waals surface area (Å²) in [7, 11) is 0. The van der Waals surface area contributed by atoms with E-state index in [-0.39, 0.29) is 12.1 Å². The van der Waals surface area contributed by atoms with Crippen molar-refractivity contribution < 1.29 is 14.6 Å². The van der Waals surface area contributed by atoms with Crippen LogP contribution in [0, 0.1) is 0 Å². The number of ether oxygens (including phenoxy) is 1. The molecule has 3 N–H and O–H groups in total. The van der Waals surface area contributed by atoms with E-state index >= 15 is 0 Å². The minimum Gasteiger partial charge on any atom is -0.478 e. The molecule has 2 atom stereocenters. The maximum atomic E-state index is 11.0. The summed E-state index contributed by atoms with van der Waals surface area (Å²) in [6.07, 6.45) is 0.856. The highest BCUT2D eigenvalue weighted by atomic mass is 16.5. The smallest absolute Gasteiger partial charge is 0.335 e. The molecule has 1 heterocycles. The van der Waals surface area contributed by atoms with Gasteiger partial charge in [0.2, 0.25) is 0 Å². The quantitative estimate of drug-likeness (QED) is 0.858. The fourth-order valence-corrected chi connectivity index (χ4v) is 2.40. The van der Waals surface area contributed by atoms with Crippen LogP contribution in [0.3, 0.4) is 0 Å². The molecule has 0 aliphatic carbocycles.